The third-order valence-corrected chi connectivity index (χ3v) is 6.08. The zero-order valence-corrected chi connectivity index (χ0v) is 12.3. The number of hydrogen-bond acceptors (Lipinski definition) is 3. The smallest absolute Gasteiger partial charge is 0.215 e. The lowest BCUT2D eigenvalue weighted by Gasteiger charge is -2.56. The second-order valence-electron chi connectivity index (χ2n) is 7.54. The molecule has 0 unspecified atom stereocenters. The topological polar surface area (TPSA) is 43.1 Å². The number of rotatable bonds is 2. The average molecular weight is 304 g/mol. The highest BCUT2D eigenvalue weighted by Crippen LogP contribution is 2.60. The quantitative estimate of drug-likeness (QED) is 0.852. The highest BCUT2D eigenvalue weighted by Gasteiger charge is 2.52. The summed E-state index contributed by atoms with van der Waals surface area (Å²) < 4.78 is 28.0. The van der Waals surface area contributed by atoms with Gasteiger partial charge in [-0.3, -0.25) is 0 Å². The van der Waals surface area contributed by atoms with E-state index in [9.17, 15) is 8.78 Å². The summed E-state index contributed by atoms with van der Waals surface area (Å²) >= 11 is 0. The molecule has 2 aromatic rings. The normalized spacial score (nSPS) is 36.6. The Morgan fingerprint density at radius 2 is 1.73 bits per heavy atom. The van der Waals surface area contributed by atoms with Crippen LogP contribution in [-0.4, -0.2) is 19.6 Å². The van der Waals surface area contributed by atoms with Crippen LogP contribution >= 0.6 is 0 Å². The summed E-state index contributed by atoms with van der Waals surface area (Å²) in [7, 11) is 0. The Kier molecular flexibility index (Phi) is 2.48. The first-order chi connectivity index (χ1) is 10.6. The second kappa shape index (κ2) is 4.24. The largest absolute Gasteiger partial charge is 0.280 e. The fourth-order valence-corrected chi connectivity index (χ4v) is 5.69. The van der Waals surface area contributed by atoms with Crippen LogP contribution in [-0.2, 0) is 5.41 Å². The van der Waals surface area contributed by atoms with Crippen molar-refractivity contribution in [1.29, 1.82) is 0 Å². The van der Waals surface area contributed by atoms with E-state index in [0.717, 1.165) is 42.7 Å². The van der Waals surface area contributed by atoms with Crippen molar-refractivity contribution in [3.05, 3.63) is 23.8 Å². The molecule has 0 saturated heterocycles. The van der Waals surface area contributed by atoms with Gasteiger partial charge in [-0.25, -0.2) is 13.8 Å². The molecule has 2 heterocycles. The average Bonchev–Trinajstić information content (AvgIpc) is 2.92. The minimum absolute atomic E-state index is 0.00604. The van der Waals surface area contributed by atoms with Crippen molar-refractivity contribution in [1.82, 2.24) is 19.6 Å². The molecule has 0 radical (unpaired) electrons. The SMILES string of the molecule is FC(F)c1cc(C23CC4CC(CC(C4)C2)C3)nc2ncnn12. The Hall–Kier alpha value is -1.59. The summed E-state index contributed by atoms with van der Waals surface area (Å²) in [5.41, 5.74) is 0.766. The van der Waals surface area contributed by atoms with Gasteiger partial charge in [0.2, 0.25) is 0 Å². The van der Waals surface area contributed by atoms with Crippen LogP contribution < -0.4 is 0 Å². The van der Waals surface area contributed by atoms with Gasteiger partial charge in [-0.05, 0) is 62.3 Å². The van der Waals surface area contributed by atoms with Crippen molar-refractivity contribution in [2.75, 3.05) is 0 Å². The van der Waals surface area contributed by atoms with Crippen LogP contribution in [0.2, 0.25) is 0 Å². The van der Waals surface area contributed by atoms with Crippen LogP contribution in [0.3, 0.4) is 0 Å². The number of halogens is 2. The lowest BCUT2D eigenvalue weighted by atomic mass is 9.49. The van der Waals surface area contributed by atoms with Gasteiger partial charge in [-0.15, -0.1) is 0 Å². The van der Waals surface area contributed by atoms with Gasteiger partial charge in [0.05, 0.1) is 5.69 Å². The number of aromatic nitrogens is 4. The summed E-state index contributed by atoms with van der Waals surface area (Å²) in [6, 6.07) is 1.60. The summed E-state index contributed by atoms with van der Waals surface area (Å²) in [6.45, 7) is 0. The second-order valence-corrected chi connectivity index (χ2v) is 7.54. The molecule has 0 amide bonds. The molecule has 0 atom stereocenters. The van der Waals surface area contributed by atoms with Gasteiger partial charge >= 0.3 is 0 Å². The molecule has 0 N–H and O–H groups in total. The van der Waals surface area contributed by atoms with Crippen molar-refractivity contribution >= 4 is 5.78 Å². The summed E-state index contributed by atoms with van der Waals surface area (Å²) in [5.74, 6) is 2.59. The van der Waals surface area contributed by atoms with Crippen LogP contribution in [0.1, 0.15) is 56.3 Å². The first kappa shape index (κ1) is 12.9. The van der Waals surface area contributed by atoms with Crippen molar-refractivity contribution < 1.29 is 8.78 Å². The van der Waals surface area contributed by atoms with Gasteiger partial charge in [0, 0.05) is 5.41 Å². The molecule has 6 rings (SSSR count). The molecule has 4 bridgehead atoms. The van der Waals surface area contributed by atoms with Gasteiger partial charge < -0.3 is 0 Å². The maximum atomic E-state index is 13.4. The van der Waals surface area contributed by atoms with Crippen molar-refractivity contribution in [3.63, 3.8) is 0 Å². The lowest BCUT2D eigenvalue weighted by Crippen LogP contribution is -2.49. The maximum absolute atomic E-state index is 13.4. The molecule has 0 spiro atoms. The van der Waals surface area contributed by atoms with Crippen LogP contribution in [0.15, 0.2) is 12.4 Å². The molecule has 4 nitrogen and oxygen atoms in total. The van der Waals surface area contributed by atoms with E-state index in [2.05, 4.69) is 15.1 Å². The van der Waals surface area contributed by atoms with E-state index >= 15 is 0 Å². The summed E-state index contributed by atoms with van der Waals surface area (Å²) in [5, 5.41) is 3.89. The predicted octanol–water partition coefficient (Wildman–Crippen LogP) is 3.53. The van der Waals surface area contributed by atoms with Gasteiger partial charge in [0.25, 0.3) is 12.2 Å². The number of hydrogen-bond donors (Lipinski definition) is 0. The van der Waals surface area contributed by atoms with Gasteiger partial charge in [-0.1, -0.05) is 0 Å². The molecule has 4 fully saturated rings. The maximum Gasteiger partial charge on any atom is 0.280 e. The number of fused-ring (bicyclic) bond motifs is 1. The minimum Gasteiger partial charge on any atom is -0.215 e. The molecule has 6 heteroatoms. The monoisotopic (exact) mass is 304 g/mol. The van der Waals surface area contributed by atoms with Crippen molar-refractivity contribution in [3.8, 4) is 0 Å². The van der Waals surface area contributed by atoms with E-state index in [4.69, 9.17) is 0 Å². The molecule has 116 valence electrons. The van der Waals surface area contributed by atoms with Crippen LogP contribution in [0.25, 0.3) is 5.78 Å². The number of alkyl halides is 2. The fourth-order valence-electron chi connectivity index (χ4n) is 5.69. The predicted molar refractivity (Wildman–Crippen MR) is 75.6 cm³/mol. The van der Waals surface area contributed by atoms with E-state index in [1.807, 2.05) is 0 Å². The molecule has 22 heavy (non-hydrogen) atoms. The molecule has 0 aromatic carbocycles. The summed E-state index contributed by atoms with van der Waals surface area (Å²) in [6.07, 6.45) is 6.06. The highest BCUT2D eigenvalue weighted by molar-refractivity contribution is 5.35. The van der Waals surface area contributed by atoms with Gasteiger partial charge in [0.15, 0.2) is 0 Å². The van der Waals surface area contributed by atoms with Crippen LogP contribution in [0.4, 0.5) is 8.78 Å². The third-order valence-electron chi connectivity index (χ3n) is 6.08. The Morgan fingerprint density at radius 1 is 1.09 bits per heavy atom. The Morgan fingerprint density at radius 3 is 2.32 bits per heavy atom. The molecule has 0 aliphatic heterocycles. The van der Waals surface area contributed by atoms with Gasteiger partial charge in [0.1, 0.15) is 12.0 Å². The lowest BCUT2D eigenvalue weighted by molar-refractivity contribution is -0.00735. The molecule has 4 aliphatic rings. The molecular formula is C16H18F2N4. The molecule has 4 saturated carbocycles. The van der Waals surface area contributed by atoms with E-state index in [0.29, 0.717) is 5.78 Å². The first-order valence-electron chi connectivity index (χ1n) is 8.12. The Balaban J connectivity index is 1.67. The zero-order chi connectivity index (χ0) is 14.9. The van der Waals surface area contributed by atoms with Crippen LogP contribution in [0.5, 0.6) is 0 Å². The van der Waals surface area contributed by atoms with Crippen molar-refractivity contribution in [2.24, 2.45) is 17.8 Å². The standard InChI is InChI=1S/C16H18F2N4/c17-14(18)12-4-13(21-15-19-8-20-22(12)15)16-5-9-1-10(6-16)3-11(2-9)7-16/h4,8-11,14H,1-3,5-7H2. The fraction of sp³-hybridized carbons (Fsp3) is 0.688. The Bertz CT molecular complexity index is 704. The van der Waals surface area contributed by atoms with E-state index in [-0.39, 0.29) is 11.1 Å². The van der Waals surface area contributed by atoms with Crippen molar-refractivity contribution in [2.45, 2.75) is 50.4 Å². The first-order valence-corrected chi connectivity index (χ1v) is 8.12. The molecule has 2 aromatic heterocycles. The summed E-state index contributed by atoms with van der Waals surface area (Å²) in [4.78, 5) is 8.68. The van der Waals surface area contributed by atoms with E-state index in [1.54, 1.807) is 6.07 Å². The third kappa shape index (κ3) is 1.69. The number of nitrogens with zero attached hydrogens (tertiary/aromatic N) is 4. The molecular weight excluding hydrogens is 286 g/mol. The van der Waals surface area contributed by atoms with E-state index < -0.39 is 6.43 Å². The van der Waals surface area contributed by atoms with E-state index in [1.165, 1.54) is 30.1 Å². The minimum atomic E-state index is -2.56. The molecule has 4 aliphatic carbocycles. The van der Waals surface area contributed by atoms with Gasteiger partial charge in [-0.2, -0.15) is 14.6 Å². The van der Waals surface area contributed by atoms with Crippen LogP contribution in [0, 0.1) is 17.8 Å². The highest BCUT2D eigenvalue weighted by atomic mass is 19.3. The Labute approximate surface area is 127 Å². The zero-order valence-electron chi connectivity index (χ0n) is 12.3.